The van der Waals surface area contributed by atoms with Crippen molar-refractivity contribution in [3.8, 4) is 22.3 Å². The largest absolute Gasteiger partial charge is 0.478 e. The zero-order valence-corrected chi connectivity index (χ0v) is 18.5. The molecule has 0 aliphatic heterocycles. The molecule has 0 aliphatic rings. The van der Waals surface area contributed by atoms with Crippen molar-refractivity contribution in [2.45, 2.75) is 19.5 Å². The summed E-state index contributed by atoms with van der Waals surface area (Å²) in [4.78, 5) is 18.6. The number of nitrogens with zero attached hydrogens (tertiary/aromatic N) is 3. The van der Waals surface area contributed by atoms with Crippen LogP contribution in [0.25, 0.3) is 33.2 Å². The Morgan fingerprint density at radius 3 is 2.55 bits per heavy atom. The molecule has 0 amide bonds. The molecule has 0 saturated heterocycles. The van der Waals surface area contributed by atoms with E-state index in [1.165, 1.54) is 0 Å². The molecule has 0 saturated carbocycles. The minimum atomic E-state index is -0.941. The zero-order chi connectivity index (χ0) is 22.1. The first-order valence-corrected chi connectivity index (χ1v) is 10.5. The van der Waals surface area contributed by atoms with Crippen molar-refractivity contribution in [2.75, 3.05) is 14.1 Å². The molecular formula is C25H24ClN3O2. The van der Waals surface area contributed by atoms with E-state index in [4.69, 9.17) is 11.6 Å². The number of hydrogen-bond donors (Lipinski definition) is 1. The van der Waals surface area contributed by atoms with Crippen LogP contribution in [0.2, 0.25) is 5.02 Å². The monoisotopic (exact) mass is 433 g/mol. The third-order valence-corrected chi connectivity index (χ3v) is 5.92. The molecule has 2 heterocycles. The molecule has 2 aromatic carbocycles. The van der Waals surface area contributed by atoms with E-state index in [1.54, 1.807) is 24.5 Å². The van der Waals surface area contributed by atoms with Crippen LogP contribution in [0.15, 0.2) is 67.1 Å². The quantitative estimate of drug-likeness (QED) is 0.425. The molecular weight excluding hydrogens is 410 g/mol. The zero-order valence-electron chi connectivity index (χ0n) is 17.7. The summed E-state index contributed by atoms with van der Waals surface area (Å²) in [5, 5.41) is 11.2. The maximum absolute atomic E-state index is 12.0. The van der Waals surface area contributed by atoms with Crippen LogP contribution < -0.4 is 0 Å². The topological polar surface area (TPSA) is 58.4 Å². The summed E-state index contributed by atoms with van der Waals surface area (Å²) in [7, 11) is 4.08. The van der Waals surface area contributed by atoms with Crippen LogP contribution in [0.4, 0.5) is 0 Å². The SMILES string of the molecule is CC(Cn1cc(-c2cncc(-c3cccc(Cl)c3)c2)c2c(C(=O)O)cccc21)N(C)C. The Hall–Kier alpha value is -3.15. The van der Waals surface area contributed by atoms with Gasteiger partial charge in [0.15, 0.2) is 0 Å². The van der Waals surface area contributed by atoms with Crippen molar-refractivity contribution >= 4 is 28.5 Å². The van der Waals surface area contributed by atoms with E-state index in [0.717, 1.165) is 39.7 Å². The highest BCUT2D eigenvalue weighted by Crippen LogP contribution is 2.35. The fraction of sp³-hybridized carbons (Fsp3) is 0.200. The summed E-state index contributed by atoms with van der Waals surface area (Å²) in [5.74, 6) is -0.941. The Kier molecular flexibility index (Phi) is 5.81. The molecule has 1 atom stereocenters. The van der Waals surface area contributed by atoms with E-state index < -0.39 is 5.97 Å². The van der Waals surface area contributed by atoms with E-state index in [2.05, 4.69) is 21.4 Å². The molecule has 0 bridgehead atoms. The number of hydrogen-bond acceptors (Lipinski definition) is 3. The van der Waals surface area contributed by atoms with Gasteiger partial charge in [-0.15, -0.1) is 0 Å². The van der Waals surface area contributed by atoms with Crippen LogP contribution in [-0.2, 0) is 6.54 Å². The number of aromatic carboxylic acids is 1. The lowest BCUT2D eigenvalue weighted by atomic mass is 9.99. The first-order chi connectivity index (χ1) is 14.8. The molecule has 4 rings (SSSR count). The second kappa shape index (κ2) is 8.53. The highest BCUT2D eigenvalue weighted by molar-refractivity contribution is 6.30. The fourth-order valence-corrected chi connectivity index (χ4v) is 3.95. The normalized spacial score (nSPS) is 12.4. The van der Waals surface area contributed by atoms with Gasteiger partial charge in [0.1, 0.15) is 0 Å². The van der Waals surface area contributed by atoms with Crippen LogP contribution in [0.3, 0.4) is 0 Å². The smallest absolute Gasteiger partial charge is 0.336 e. The van der Waals surface area contributed by atoms with Gasteiger partial charge in [0.25, 0.3) is 0 Å². The fourth-order valence-electron chi connectivity index (χ4n) is 3.76. The van der Waals surface area contributed by atoms with Crippen molar-refractivity contribution in [2.24, 2.45) is 0 Å². The van der Waals surface area contributed by atoms with Gasteiger partial charge in [-0.05, 0) is 56.9 Å². The Balaban J connectivity index is 1.91. The molecule has 0 fully saturated rings. The highest BCUT2D eigenvalue weighted by atomic mass is 35.5. The van der Waals surface area contributed by atoms with Gasteiger partial charge in [-0.25, -0.2) is 4.79 Å². The van der Waals surface area contributed by atoms with Gasteiger partial charge < -0.3 is 14.6 Å². The Labute approximate surface area is 186 Å². The van der Waals surface area contributed by atoms with Gasteiger partial charge in [-0.2, -0.15) is 0 Å². The van der Waals surface area contributed by atoms with E-state index in [0.29, 0.717) is 5.02 Å². The predicted molar refractivity (Wildman–Crippen MR) is 126 cm³/mol. The molecule has 0 radical (unpaired) electrons. The van der Waals surface area contributed by atoms with Crippen molar-refractivity contribution in [1.82, 2.24) is 14.5 Å². The number of carboxylic acids is 1. The average molecular weight is 434 g/mol. The number of halogens is 1. The third kappa shape index (κ3) is 4.20. The average Bonchev–Trinajstić information content (AvgIpc) is 3.12. The molecule has 31 heavy (non-hydrogen) atoms. The number of rotatable bonds is 6. The number of pyridine rings is 1. The van der Waals surface area contributed by atoms with Crippen LogP contribution in [-0.4, -0.2) is 45.7 Å². The number of aromatic nitrogens is 2. The maximum Gasteiger partial charge on any atom is 0.336 e. The van der Waals surface area contributed by atoms with Crippen molar-refractivity contribution in [3.63, 3.8) is 0 Å². The molecule has 2 aromatic heterocycles. The summed E-state index contributed by atoms with van der Waals surface area (Å²) in [5.41, 5.74) is 4.80. The lowest BCUT2D eigenvalue weighted by Gasteiger charge is -2.20. The first kappa shape index (κ1) is 21.1. The van der Waals surface area contributed by atoms with Crippen LogP contribution in [0, 0.1) is 0 Å². The molecule has 5 nitrogen and oxygen atoms in total. The maximum atomic E-state index is 12.0. The van der Waals surface area contributed by atoms with Gasteiger partial charge >= 0.3 is 5.97 Å². The van der Waals surface area contributed by atoms with Gasteiger partial charge in [-0.3, -0.25) is 4.98 Å². The second-order valence-electron chi connectivity index (χ2n) is 7.99. The molecule has 6 heteroatoms. The minimum absolute atomic E-state index is 0.285. The summed E-state index contributed by atoms with van der Waals surface area (Å²) in [6, 6.07) is 15.4. The van der Waals surface area contributed by atoms with Gasteiger partial charge in [0.2, 0.25) is 0 Å². The van der Waals surface area contributed by atoms with Crippen LogP contribution in [0.1, 0.15) is 17.3 Å². The molecule has 0 spiro atoms. The van der Waals surface area contributed by atoms with Crippen molar-refractivity contribution in [3.05, 3.63) is 77.7 Å². The molecule has 4 aromatic rings. The standard InChI is InChI=1S/C25H24ClN3O2/c1-16(28(2)3)14-29-15-22(24-21(25(30)31)8-5-9-23(24)29)19-10-18(12-27-13-19)17-6-4-7-20(26)11-17/h4-13,15-16H,14H2,1-3H3,(H,30,31). The predicted octanol–water partition coefficient (Wildman–Crippen LogP) is 5.67. The lowest BCUT2D eigenvalue weighted by Crippen LogP contribution is -2.28. The van der Waals surface area contributed by atoms with Crippen LogP contribution in [0.5, 0.6) is 0 Å². The van der Waals surface area contributed by atoms with E-state index in [-0.39, 0.29) is 11.6 Å². The van der Waals surface area contributed by atoms with Gasteiger partial charge in [-0.1, -0.05) is 29.8 Å². The minimum Gasteiger partial charge on any atom is -0.478 e. The Bertz CT molecular complexity index is 1260. The summed E-state index contributed by atoms with van der Waals surface area (Å²) < 4.78 is 2.13. The summed E-state index contributed by atoms with van der Waals surface area (Å²) >= 11 is 6.17. The molecule has 0 aliphatic carbocycles. The van der Waals surface area contributed by atoms with E-state index in [9.17, 15) is 9.90 Å². The molecule has 158 valence electrons. The van der Waals surface area contributed by atoms with Gasteiger partial charge in [0.05, 0.1) is 5.56 Å². The van der Waals surface area contributed by atoms with E-state index in [1.807, 2.05) is 56.7 Å². The number of benzene rings is 2. The van der Waals surface area contributed by atoms with Gasteiger partial charge in [0, 0.05) is 63.8 Å². The Morgan fingerprint density at radius 2 is 1.84 bits per heavy atom. The van der Waals surface area contributed by atoms with Crippen molar-refractivity contribution < 1.29 is 9.90 Å². The number of likely N-dealkylation sites (N-methyl/N-ethyl adjacent to an activating group) is 1. The third-order valence-electron chi connectivity index (χ3n) is 5.69. The number of carboxylic acid groups (broad SMARTS) is 1. The summed E-state index contributed by atoms with van der Waals surface area (Å²) in [6.07, 6.45) is 5.61. The van der Waals surface area contributed by atoms with Crippen LogP contribution >= 0.6 is 11.6 Å². The lowest BCUT2D eigenvalue weighted by molar-refractivity contribution is 0.0699. The molecule has 1 N–H and O–H groups in total. The number of carbonyl (C=O) groups is 1. The molecule has 1 unspecified atom stereocenters. The first-order valence-electron chi connectivity index (χ1n) is 10.1. The highest BCUT2D eigenvalue weighted by Gasteiger charge is 2.19. The summed E-state index contributed by atoms with van der Waals surface area (Å²) in [6.45, 7) is 2.89. The Morgan fingerprint density at radius 1 is 1.10 bits per heavy atom. The van der Waals surface area contributed by atoms with E-state index >= 15 is 0 Å². The number of fused-ring (bicyclic) bond motifs is 1. The van der Waals surface area contributed by atoms with Crippen molar-refractivity contribution in [1.29, 1.82) is 0 Å². The second-order valence-corrected chi connectivity index (χ2v) is 8.42.